The summed E-state index contributed by atoms with van der Waals surface area (Å²) in [5, 5.41) is 2.38. The Morgan fingerprint density at radius 2 is 1.67 bits per heavy atom. The molecule has 0 N–H and O–H groups in total. The van der Waals surface area contributed by atoms with E-state index in [-0.39, 0.29) is 25.5 Å². The minimum Gasteiger partial charge on any atom is -0.304 e. The second-order valence-electron chi connectivity index (χ2n) is 6.16. The summed E-state index contributed by atoms with van der Waals surface area (Å²) < 4.78 is 0. The molecular weight excluding hydrogens is 434 g/mol. The van der Waals surface area contributed by atoms with Crippen molar-refractivity contribution in [1.82, 2.24) is 4.98 Å². The largest absolute Gasteiger partial charge is 0.304 e. The summed E-state index contributed by atoms with van der Waals surface area (Å²) in [4.78, 5) is 4.57. The second kappa shape index (κ2) is 6.09. The van der Waals surface area contributed by atoms with Crippen LogP contribution in [0.3, 0.4) is 0 Å². The van der Waals surface area contributed by atoms with Crippen LogP contribution in [0.4, 0.5) is 0 Å². The normalized spacial score (nSPS) is 11.2. The van der Waals surface area contributed by atoms with E-state index in [0.717, 1.165) is 11.3 Å². The van der Waals surface area contributed by atoms with Gasteiger partial charge in [0.1, 0.15) is 0 Å². The maximum absolute atomic E-state index is 4.57. The van der Waals surface area contributed by atoms with Gasteiger partial charge in [-0.3, -0.25) is 0 Å². The molecule has 0 aliphatic rings. The Kier molecular flexibility index (Phi) is 4.61. The molecule has 0 amide bonds. The van der Waals surface area contributed by atoms with Crippen LogP contribution in [-0.4, -0.2) is 4.98 Å². The fraction of sp³-hybridized carbons (Fsp3) is 0.211. The summed E-state index contributed by atoms with van der Waals surface area (Å²) in [6.07, 6.45) is 1.93. The number of pyridine rings is 1. The molecular formula is C19H18IrN-. The predicted molar refractivity (Wildman–Crippen MR) is 84.7 cm³/mol. The molecule has 0 unspecified atom stereocenters. The summed E-state index contributed by atoms with van der Waals surface area (Å²) in [7, 11) is 0. The molecule has 0 bridgehead atoms. The van der Waals surface area contributed by atoms with Crippen LogP contribution in [0.1, 0.15) is 26.3 Å². The van der Waals surface area contributed by atoms with E-state index in [1.54, 1.807) is 0 Å². The van der Waals surface area contributed by atoms with Gasteiger partial charge in [-0.2, -0.15) is 0 Å². The van der Waals surface area contributed by atoms with E-state index < -0.39 is 0 Å². The number of aromatic nitrogens is 1. The number of fused-ring (bicyclic) bond motifs is 1. The standard InChI is InChI=1S/C19H18N.Ir/c1-19(2,3)17-10-6-9-15(11-17)18-12-14-7-4-5-8-16(14)13-20-18;/h4-8,10-13H,1-3H3;/q-1;. The molecule has 3 aromatic rings. The Morgan fingerprint density at radius 3 is 2.38 bits per heavy atom. The predicted octanol–water partition coefficient (Wildman–Crippen LogP) is 5.00. The first-order valence-electron chi connectivity index (χ1n) is 6.91. The van der Waals surface area contributed by atoms with E-state index in [1.807, 2.05) is 18.3 Å². The molecule has 0 saturated heterocycles. The monoisotopic (exact) mass is 453 g/mol. The molecule has 0 saturated carbocycles. The average molecular weight is 453 g/mol. The maximum atomic E-state index is 4.57. The quantitative estimate of drug-likeness (QED) is 0.474. The van der Waals surface area contributed by atoms with Gasteiger partial charge in [0.15, 0.2) is 0 Å². The van der Waals surface area contributed by atoms with Crippen molar-refractivity contribution >= 4 is 10.8 Å². The Balaban J connectivity index is 0.00000161. The van der Waals surface area contributed by atoms with Gasteiger partial charge < -0.3 is 4.98 Å². The van der Waals surface area contributed by atoms with Crippen molar-refractivity contribution in [2.24, 2.45) is 0 Å². The summed E-state index contributed by atoms with van der Waals surface area (Å²) in [5.41, 5.74) is 3.49. The first kappa shape index (κ1) is 15.9. The Labute approximate surface area is 139 Å². The zero-order chi connectivity index (χ0) is 14.2. The van der Waals surface area contributed by atoms with E-state index >= 15 is 0 Å². The van der Waals surface area contributed by atoms with Crippen LogP contribution in [0, 0.1) is 6.07 Å². The zero-order valence-electron chi connectivity index (χ0n) is 12.5. The number of hydrogen-bond acceptors (Lipinski definition) is 1. The molecule has 1 heterocycles. The molecule has 109 valence electrons. The maximum Gasteiger partial charge on any atom is 0.0239 e. The average Bonchev–Trinajstić information content (AvgIpc) is 2.46. The van der Waals surface area contributed by atoms with Crippen molar-refractivity contribution < 1.29 is 20.1 Å². The van der Waals surface area contributed by atoms with Gasteiger partial charge in [0.25, 0.3) is 0 Å². The third kappa shape index (κ3) is 3.40. The van der Waals surface area contributed by atoms with E-state index in [4.69, 9.17) is 0 Å². The number of hydrogen-bond donors (Lipinski definition) is 0. The van der Waals surface area contributed by atoms with Crippen molar-refractivity contribution in [3.05, 3.63) is 66.4 Å². The van der Waals surface area contributed by atoms with E-state index in [9.17, 15) is 0 Å². The second-order valence-corrected chi connectivity index (χ2v) is 6.16. The Bertz CT molecular complexity index is 757. The van der Waals surface area contributed by atoms with Crippen LogP contribution in [0.5, 0.6) is 0 Å². The Hall–Kier alpha value is -1.50. The number of nitrogens with zero attached hydrogens (tertiary/aromatic N) is 1. The van der Waals surface area contributed by atoms with Gasteiger partial charge in [-0.05, 0) is 21.9 Å². The fourth-order valence-electron chi connectivity index (χ4n) is 2.31. The van der Waals surface area contributed by atoms with Gasteiger partial charge in [-0.15, -0.1) is 35.4 Å². The van der Waals surface area contributed by atoms with Gasteiger partial charge in [0.2, 0.25) is 0 Å². The van der Waals surface area contributed by atoms with Crippen molar-refractivity contribution in [2.45, 2.75) is 26.2 Å². The van der Waals surface area contributed by atoms with E-state index in [2.05, 4.69) is 68.2 Å². The van der Waals surface area contributed by atoms with Gasteiger partial charge in [-0.25, -0.2) is 0 Å². The van der Waals surface area contributed by atoms with Gasteiger partial charge >= 0.3 is 0 Å². The SMILES string of the molecule is CC(C)(C)c1cc[c-]c(-c2cc3ccccc3cn2)c1.[Ir]. The van der Waals surface area contributed by atoms with E-state index in [0.29, 0.717) is 0 Å². The summed E-state index contributed by atoms with van der Waals surface area (Å²) in [6, 6.07) is 20.0. The van der Waals surface area contributed by atoms with Crippen LogP contribution >= 0.6 is 0 Å². The van der Waals surface area contributed by atoms with Crippen molar-refractivity contribution in [3.63, 3.8) is 0 Å². The van der Waals surface area contributed by atoms with Crippen LogP contribution in [0.25, 0.3) is 22.0 Å². The molecule has 0 atom stereocenters. The van der Waals surface area contributed by atoms with Crippen LogP contribution in [-0.2, 0) is 25.5 Å². The summed E-state index contributed by atoms with van der Waals surface area (Å²) >= 11 is 0. The minimum atomic E-state index is 0. The van der Waals surface area contributed by atoms with Crippen LogP contribution < -0.4 is 0 Å². The van der Waals surface area contributed by atoms with Crippen molar-refractivity contribution in [3.8, 4) is 11.3 Å². The molecule has 2 aromatic carbocycles. The van der Waals surface area contributed by atoms with Crippen molar-refractivity contribution in [2.75, 3.05) is 0 Å². The fourth-order valence-corrected chi connectivity index (χ4v) is 2.31. The molecule has 0 aliphatic heterocycles. The number of rotatable bonds is 1. The molecule has 1 radical (unpaired) electrons. The van der Waals surface area contributed by atoms with Gasteiger partial charge in [0.05, 0.1) is 0 Å². The summed E-state index contributed by atoms with van der Waals surface area (Å²) in [5.74, 6) is 0. The summed E-state index contributed by atoms with van der Waals surface area (Å²) in [6.45, 7) is 6.67. The molecule has 0 aliphatic carbocycles. The third-order valence-corrected chi connectivity index (χ3v) is 3.57. The molecule has 0 fully saturated rings. The first-order valence-corrected chi connectivity index (χ1v) is 6.91. The first-order chi connectivity index (χ1) is 9.54. The molecule has 1 aromatic heterocycles. The molecule has 0 spiro atoms. The molecule has 3 rings (SSSR count). The van der Waals surface area contributed by atoms with Crippen LogP contribution in [0.2, 0.25) is 0 Å². The molecule has 1 nitrogen and oxygen atoms in total. The van der Waals surface area contributed by atoms with Gasteiger partial charge in [0, 0.05) is 26.3 Å². The topological polar surface area (TPSA) is 12.9 Å². The van der Waals surface area contributed by atoms with E-state index in [1.165, 1.54) is 16.3 Å². The third-order valence-electron chi connectivity index (χ3n) is 3.57. The molecule has 2 heteroatoms. The zero-order valence-corrected chi connectivity index (χ0v) is 14.9. The van der Waals surface area contributed by atoms with Crippen LogP contribution in [0.15, 0.2) is 54.7 Å². The van der Waals surface area contributed by atoms with Crippen molar-refractivity contribution in [1.29, 1.82) is 0 Å². The molecule has 21 heavy (non-hydrogen) atoms. The number of benzene rings is 2. The van der Waals surface area contributed by atoms with Gasteiger partial charge in [-0.1, -0.05) is 51.1 Å². The minimum absolute atomic E-state index is 0. The Morgan fingerprint density at radius 1 is 0.952 bits per heavy atom. The smallest absolute Gasteiger partial charge is 0.0239 e.